The fraction of sp³-hybridized carbons (Fsp3) is 0.286. The lowest BCUT2D eigenvalue weighted by atomic mass is 9.87. The Morgan fingerprint density at radius 1 is 1.04 bits per heavy atom. The molecule has 2 aliphatic rings. The maximum Gasteiger partial charge on any atom is 0.269 e. The summed E-state index contributed by atoms with van der Waals surface area (Å²) in [6.07, 6.45) is 8.88. The molecule has 7 nitrogen and oxygen atoms in total. The highest BCUT2D eigenvalue weighted by atomic mass is 35.5. The summed E-state index contributed by atoms with van der Waals surface area (Å²) >= 11 is 18.4. The van der Waals surface area contributed by atoms with Crippen molar-refractivity contribution in [3.8, 4) is 5.75 Å². The van der Waals surface area contributed by atoms with Gasteiger partial charge in [0.15, 0.2) is 5.11 Å². The normalized spacial score (nSPS) is 16.5. The second kappa shape index (κ2) is 14.8. The third-order valence-corrected chi connectivity index (χ3v) is 9.23. The molecular weight excluding hydrogens is 644 g/mol. The van der Waals surface area contributed by atoms with Gasteiger partial charge in [-0.1, -0.05) is 47.5 Å². The van der Waals surface area contributed by atoms with Crippen molar-refractivity contribution in [3.05, 3.63) is 117 Å². The van der Waals surface area contributed by atoms with Crippen LogP contribution in [0.5, 0.6) is 5.75 Å². The van der Waals surface area contributed by atoms with Gasteiger partial charge in [0.05, 0.1) is 6.67 Å². The minimum atomic E-state index is -0.294. The topological polar surface area (TPSA) is 71.4 Å². The Kier molecular flexibility index (Phi) is 10.3. The molecule has 0 unspecified atom stereocenters. The zero-order valence-electron chi connectivity index (χ0n) is 25.1. The minimum Gasteiger partial charge on any atom is -0.489 e. The molecule has 0 spiro atoms. The number of carbonyl (C=O) groups excluding carboxylic acids is 1. The van der Waals surface area contributed by atoms with Crippen LogP contribution in [0.25, 0.3) is 11.1 Å². The van der Waals surface area contributed by atoms with Crippen molar-refractivity contribution >= 4 is 57.6 Å². The minimum absolute atomic E-state index is 0.0834. The van der Waals surface area contributed by atoms with Gasteiger partial charge in [-0.15, -0.1) is 0 Å². The van der Waals surface area contributed by atoms with Gasteiger partial charge in [0.25, 0.3) is 5.91 Å². The van der Waals surface area contributed by atoms with E-state index in [1.807, 2.05) is 42.5 Å². The fourth-order valence-corrected chi connectivity index (χ4v) is 6.84. The Labute approximate surface area is 283 Å². The summed E-state index contributed by atoms with van der Waals surface area (Å²) in [6.45, 7) is 2.20. The van der Waals surface area contributed by atoms with E-state index in [0.717, 1.165) is 84.5 Å². The number of carbonyl (C=O) groups is 1. The first-order valence-corrected chi connectivity index (χ1v) is 16.5. The second-order valence-corrected chi connectivity index (χ2v) is 12.7. The third-order valence-electron chi connectivity index (χ3n) is 8.37. The van der Waals surface area contributed by atoms with Crippen LogP contribution in [-0.4, -0.2) is 57.9 Å². The molecule has 0 radical (unpaired) electrons. The molecule has 1 atom stereocenters. The Morgan fingerprint density at radius 3 is 2.63 bits per heavy atom. The van der Waals surface area contributed by atoms with E-state index in [-0.39, 0.29) is 18.7 Å². The summed E-state index contributed by atoms with van der Waals surface area (Å²) in [5.41, 5.74) is 12.3. The van der Waals surface area contributed by atoms with Crippen molar-refractivity contribution in [2.24, 2.45) is 0 Å². The van der Waals surface area contributed by atoms with Crippen molar-refractivity contribution in [2.75, 3.05) is 26.3 Å². The summed E-state index contributed by atoms with van der Waals surface area (Å²) in [6, 6.07) is 19.6. The van der Waals surface area contributed by atoms with Gasteiger partial charge in [0, 0.05) is 47.6 Å². The molecule has 1 aliphatic heterocycles. The summed E-state index contributed by atoms with van der Waals surface area (Å²) in [5.74, 6) is 0.507. The van der Waals surface area contributed by atoms with E-state index in [4.69, 9.17) is 40.2 Å². The number of benzene rings is 3. The Morgan fingerprint density at radius 2 is 1.87 bits per heavy atom. The van der Waals surface area contributed by atoms with Gasteiger partial charge in [-0.3, -0.25) is 29.5 Å². The highest BCUT2D eigenvalue weighted by molar-refractivity contribution is 7.80. The predicted molar refractivity (Wildman–Crippen MR) is 185 cm³/mol. The van der Waals surface area contributed by atoms with Gasteiger partial charge in [-0.25, -0.2) is 4.98 Å². The van der Waals surface area contributed by atoms with Gasteiger partial charge in [-0.2, -0.15) is 0 Å². The number of alkyl halides is 1. The maximum absolute atomic E-state index is 13.1. The van der Waals surface area contributed by atoms with E-state index in [2.05, 4.69) is 32.9 Å². The van der Waals surface area contributed by atoms with Crippen LogP contribution in [0.4, 0.5) is 4.39 Å². The van der Waals surface area contributed by atoms with Crippen molar-refractivity contribution in [1.29, 1.82) is 0 Å². The molecule has 4 aromatic rings. The number of hydrogen-bond donors (Lipinski definition) is 2. The number of imidazole rings is 1. The summed E-state index contributed by atoms with van der Waals surface area (Å²) < 4.78 is 20.5. The van der Waals surface area contributed by atoms with Crippen molar-refractivity contribution in [2.45, 2.75) is 38.2 Å². The number of rotatable bonds is 8. The number of hydrazine groups is 1. The van der Waals surface area contributed by atoms with E-state index in [9.17, 15) is 9.18 Å². The van der Waals surface area contributed by atoms with E-state index in [0.29, 0.717) is 27.1 Å². The highest BCUT2D eigenvalue weighted by Crippen LogP contribution is 2.42. The first-order valence-electron chi connectivity index (χ1n) is 15.4. The number of fused-ring (bicyclic) bond motifs is 1. The number of allylic oxidation sites excluding steroid dienone is 1. The molecule has 1 saturated heterocycles. The van der Waals surface area contributed by atoms with Crippen LogP contribution >= 0.6 is 35.4 Å². The zero-order chi connectivity index (χ0) is 32.0. The molecule has 6 rings (SSSR count). The number of hydrogen-bond acceptors (Lipinski definition) is 5. The SMILES string of the molecule is O=C(NNC(=S)n1ccnc1)c1ccc2c(c1)CCCC(c1ccc(Cl)cc1Cl)=C2c1ccc(O[C@H]2CCN(CCCF)C2)cc1. The lowest BCUT2D eigenvalue weighted by Crippen LogP contribution is -2.43. The molecule has 46 heavy (non-hydrogen) atoms. The molecule has 1 aliphatic carbocycles. The number of ether oxygens (including phenoxy) is 1. The largest absolute Gasteiger partial charge is 0.489 e. The number of likely N-dealkylation sites (tertiary alicyclic amines) is 1. The Hall–Kier alpha value is -3.76. The van der Waals surface area contributed by atoms with E-state index >= 15 is 0 Å². The molecule has 1 amide bonds. The monoisotopic (exact) mass is 677 g/mol. The van der Waals surface area contributed by atoms with Gasteiger partial charge >= 0.3 is 0 Å². The van der Waals surface area contributed by atoms with Crippen LogP contribution in [0.1, 0.15) is 58.3 Å². The van der Waals surface area contributed by atoms with Crippen molar-refractivity contribution < 1.29 is 13.9 Å². The van der Waals surface area contributed by atoms with E-state index < -0.39 is 0 Å². The second-order valence-electron chi connectivity index (χ2n) is 11.5. The smallest absolute Gasteiger partial charge is 0.269 e. The first kappa shape index (κ1) is 32.2. The number of halogens is 3. The van der Waals surface area contributed by atoms with Crippen LogP contribution in [0.15, 0.2) is 79.4 Å². The standard InChI is InChI=1S/C35H34Cl2FN5O2S/c36-26-8-12-30(32(37)20-26)31-4-1-3-24-19-25(34(44)40-41-35(46)43-18-15-39-22-43)7-11-29(24)33(31)23-5-9-27(10-6-23)45-28-13-17-42(21-28)16-2-14-38/h5-12,15,18-20,22,28H,1-4,13-14,16-17,21H2,(H,40,44)(H,41,46)/t28-/m0/s1. The van der Waals surface area contributed by atoms with Crippen LogP contribution in [-0.2, 0) is 6.42 Å². The van der Waals surface area contributed by atoms with Crippen LogP contribution in [0, 0.1) is 0 Å². The molecule has 11 heteroatoms. The number of nitrogens with one attached hydrogen (secondary N) is 2. The lowest BCUT2D eigenvalue weighted by molar-refractivity contribution is 0.0943. The molecule has 238 valence electrons. The molecule has 2 heterocycles. The summed E-state index contributed by atoms with van der Waals surface area (Å²) in [5, 5.41) is 1.49. The third kappa shape index (κ3) is 7.44. The molecule has 2 N–H and O–H groups in total. The summed E-state index contributed by atoms with van der Waals surface area (Å²) in [4.78, 5) is 19.4. The fourth-order valence-electron chi connectivity index (χ4n) is 6.16. The Bertz CT molecular complexity index is 1750. The predicted octanol–water partition coefficient (Wildman–Crippen LogP) is 7.37. The molecular formula is C35H34Cl2FN5O2S. The lowest BCUT2D eigenvalue weighted by Gasteiger charge is -2.19. The van der Waals surface area contributed by atoms with Crippen molar-refractivity contribution in [3.63, 3.8) is 0 Å². The Balaban J connectivity index is 1.29. The molecule has 1 aromatic heterocycles. The molecule has 0 bridgehead atoms. The number of aryl methyl sites for hydroxylation is 1. The van der Waals surface area contributed by atoms with E-state index in [1.54, 1.807) is 29.4 Å². The summed E-state index contributed by atoms with van der Waals surface area (Å²) in [7, 11) is 0. The maximum atomic E-state index is 13.1. The highest BCUT2D eigenvalue weighted by Gasteiger charge is 2.25. The molecule has 1 fully saturated rings. The number of aromatic nitrogens is 2. The van der Waals surface area contributed by atoms with Crippen LogP contribution in [0.2, 0.25) is 10.0 Å². The van der Waals surface area contributed by atoms with Crippen LogP contribution in [0.3, 0.4) is 0 Å². The molecule has 0 saturated carbocycles. The van der Waals surface area contributed by atoms with Gasteiger partial charge in [-0.05, 0) is 114 Å². The molecule has 3 aromatic carbocycles. The average Bonchev–Trinajstić information content (AvgIpc) is 3.72. The van der Waals surface area contributed by atoms with Gasteiger partial charge < -0.3 is 4.74 Å². The van der Waals surface area contributed by atoms with E-state index in [1.165, 1.54) is 0 Å². The van der Waals surface area contributed by atoms with Gasteiger partial charge in [0.2, 0.25) is 0 Å². The first-order chi connectivity index (χ1) is 22.4. The quantitative estimate of drug-likeness (QED) is 0.150. The van der Waals surface area contributed by atoms with Crippen molar-refractivity contribution in [1.82, 2.24) is 25.3 Å². The van der Waals surface area contributed by atoms with Gasteiger partial charge in [0.1, 0.15) is 18.2 Å². The zero-order valence-corrected chi connectivity index (χ0v) is 27.5. The number of amides is 1. The average molecular weight is 679 g/mol. The van der Waals surface area contributed by atoms with Crippen LogP contribution < -0.4 is 15.6 Å². The number of thiocarbonyl (C=S) groups is 1. The number of nitrogens with zero attached hydrogens (tertiary/aromatic N) is 3.